The number of ether oxygens (including phenoxy) is 2. The monoisotopic (exact) mass is 584 g/mol. The number of amides is 1. The highest BCUT2D eigenvalue weighted by Gasteiger charge is 2.70. The molecule has 7 rings (SSSR count). The van der Waals surface area contributed by atoms with Crippen molar-refractivity contribution < 1.29 is 23.9 Å². The number of ketones is 2. The highest BCUT2D eigenvalue weighted by Crippen LogP contribution is 2.62. The summed E-state index contributed by atoms with van der Waals surface area (Å²) in [5.41, 5.74) is 2.58. The zero-order valence-electron chi connectivity index (χ0n) is 24.5. The van der Waals surface area contributed by atoms with Gasteiger partial charge in [-0.1, -0.05) is 61.5 Å². The van der Waals surface area contributed by atoms with E-state index in [0.717, 1.165) is 17.5 Å². The van der Waals surface area contributed by atoms with Crippen LogP contribution in [0.3, 0.4) is 0 Å². The maximum Gasteiger partial charge on any atom is 0.238 e. The Labute approximate surface area is 256 Å². The van der Waals surface area contributed by atoms with Gasteiger partial charge in [-0.2, -0.15) is 0 Å². The van der Waals surface area contributed by atoms with Crippen LogP contribution in [0.2, 0.25) is 0 Å². The second kappa shape index (κ2) is 10.8. The summed E-state index contributed by atoms with van der Waals surface area (Å²) in [6, 6.07) is 27.8. The van der Waals surface area contributed by atoms with Crippen LogP contribution in [0.5, 0.6) is 11.5 Å². The van der Waals surface area contributed by atoms with E-state index in [4.69, 9.17) is 9.47 Å². The second-order valence-corrected chi connectivity index (χ2v) is 11.4. The predicted octanol–water partition coefficient (Wildman–Crippen LogP) is 6.47. The molecule has 0 bridgehead atoms. The third-order valence-electron chi connectivity index (χ3n) is 9.11. The van der Waals surface area contributed by atoms with Gasteiger partial charge in [0.15, 0.2) is 11.6 Å². The second-order valence-electron chi connectivity index (χ2n) is 11.4. The number of nitrogens with zero attached hydrogens (tertiary/aromatic N) is 1. The minimum Gasteiger partial charge on any atom is -0.497 e. The molecule has 3 aliphatic heterocycles. The zero-order valence-corrected chi connectivity index (χ0v) is 24.5. The van der Waals surface area contributed by atoms with Gasteiger partial charge in [-0.15, -0.1) is 0 Å². The summed E-state index contributed by atoms with van der Waals surface area (Å²) in [7, 11) is 1.57. The Morgan fingerprint density at radius 3 is 2.41 bits per heavy atom. The Balaban J connectivity index is 1.50. The Bertz CT molecular complexity index is 1810. The standard InChI is InChI=1S/C37H32N2O5/c1-3-22-44-30-15-9-6-12-27(30)34(41)32-31(33(40)24-16-18-25(43-2)19-17-24)37(28-13-7-8-14-29(28)38-36(37)42)35-26-11-5-4-10-23(26)20-21-39(32)35/h4-21,31-32,35H,3,22H2,1-2H3,(H,38,42)/t31-,32-,35+,37+/m0/s1. The molecule has 4 aromatic carbocycles. The fraction of sp³-hybridized carbons (Fsp3) is 0.216. The van der Waals surface area contributed by atoms with E-state index in [1.54, 1.807) is 49.6 Å². The average Bonchev–Trinajstić information content (AvgIpc) is 3.55. The third-order valence-corrected chi connectivity index (χ3v) is 9.11. The van der Waals surface area contributed by atoms with Gasteiger partial charge in [0.05, 0.1) is 31.2 Å². The van der Waals surface area contributed by atoms with Gasteiger partial charge >= 0.3 is 0 Å². The van der Waals surface area contributed by atoms with Crippen LogP contribution in [0, 0.1) is 5.92 Å². The number of fused-ring (bicyclic) bond motifs is 6. The van der Waals surface area contributed by atoms with Gasteiger partial charge in [0.1, 0.15) is 23.0 Å². The fourth-order valence-corrected chi connectivity index (χ4v) is 7.27. The molecule has 0 radical (unpaired) electrons. The molecule has 7 nitrogen and oxygen atoms in total. The van der Waals surface area contributed by atoms with Crippen LogP contribution >= 0.6 is 0 Å². The lowest BCUT2D eigenvalue weighted by atomic mass is 9.62. The minimum atomic E-state index is -1.39. The summed E-state index contributed by atoms with van der Waals surface area (Å²) in [5.74, 6) is -0.846. The summed E-state index contributed by atoms with van der Waals surface area (Å²) >= 11 is 0. The first-order valence-electron chi connectivity index (χ1n) is 14.9. The Morgan fingerprint density at radius 2 is 1.61 bits per heavy atom. The number of Topliss-reactive ketones (excluding diaryl/α,β-unsaturated/α-hetero) is 2. The zero-order chi connectivity index (χ0) is 30.4. The SMILES string of the molecule is CCCOc1ccccc1C(=O)[C@@H]1[C@@H](C(=O)c2ccc(OC)cc2)[C@@]2(C(=O)Nc3ccccc32)[C@H]2c3ccccc3C=CN12. The molecule has 0 aromatic heterocycles. The molecule has 220 valence electrons. The average molecular weight is 585 g/mol. The largest absolute Gasteiger partial charge is 0.497 e. The van der Waals surface area contributed by atoms with Crippen molar-refractivity contribution in [1.29, 1.82) is 0 Å². The van der Waals surface area contributed by atoms with E-state index < -0.39 is 23.4 Å². The molecular formula is C37H32N2O5. The molecule has 1 fully saturated rings. The number of para-hydroxylation sites is 2. The van der Waals surface area contributed by atoms with Crippen molar-refractivity contribution in [1.82, 2.24) is 4.90 Å². The van der Waals surface area contributed by atoms with E-state index >= 15 is 0 Å². The first-order chi connectivity index (χ1) is 21.5. The van der Waals surface area contributed by atoms with Gasteiger partial charge in [0.25, 0.3) is 0 Å². The van der Waals surface area contributed by atoms with Crippen LogP contribution in [0.4, 0.5) is 5.69 Å². The van der Waals surface area contributed by atoms with E-state index in [9.17, 15) is 14.4 Å². The van der Waals surface area contributed by atoms with Gasteiger partial charge < -0.3 is 19.7 Å². The molecule has 1 spiro atoms. The van der Waals surface area contributed by atoms with Gasteiger partial charge in [-0.3, -0.25) is 14.4 Å². The predicted molar refractivity (Wildman–Crippen MR) is 168 cm³/mol. The van der Waals surface area contributed by atoms with Gasteiger partial charge in [0.2, 0.25) is 5.91 Å². The number of rotatable bonds is 8. The number of methoxy groups -OCH3 is 1. The third kappa shape index (κ3) is 3.99. The lowest BCUT2D eigenvalue weighted by Crippen LogP contribution is -2.49. The molecule has 0 unspecified atom stereocenters. The highest BCUT2D eigenvalue weighted by atomic mass is 16.5. The normalized spacial score (nSPS) is 22.6. The van der Waals surface area contributed by atoms with E-state index in [1.165, 1.54) is 0 Å². The molecule has 7 heteroatoms. The molecule has 1 saturated heterocycles. The fourth-order valence-electron chi connectivity index (χ4n) is 7.27. The molecule has 4 aromatic rings. The minimum absolute atomic E-state index is 0.272. The topological polar surface area (TPSA) is 84.9 Å². The van der Waals surface area contributed by atoms with Crippen LogP contribution in [0.15, 0.2) is 103 Å². The number of nitrogens with one attached hydrogen (secondary N) is 1. The molecule has 1 amide bonds. The van der Waals surface area contributed by atoms with Crippen molar-refractivity contribution in [3.8, 4) is 11.5 Å². The van der Waals surface area contributed by atoms with Crippen molar-refractivity contribution >= 4 is 29.2 Å². The maximum atomic E-state index is 15.0. The summed E-state index contributed by atoms with van der Waals surface area (Å²) in [6.07, 6.45) is 4.61. The van der Waals surface area contributed by atoms with Crippen LogP contribution in [-0.4, -0.2) is 42.1 Å². The molecule has 0 saturated carbocycles. The first-order valence-corrected chi connectivity index (χ1v) is 14.9. The molecule has 44 heavy (non-hydrogen) atoms. The lowest BCUT2D eigenvalue weighted by molar-refractivity contribution is -0.122. The maximum absolute atomic E-state index is 15.0. The van der Waals surface area contributed by atoms with Crippen molar-refractivity contribution in [2.75, 3.05) is 19.0 Å². The molecule has 4 atom stereocenters. The van der Waals surface area contributed by atoms with Crippen molar-refractivity contribution in [3.05, 3.63) is 131 Å². The molecular weight excluding hydrogens is 552 g/mol. The number of hydrogen-bond acceptors (Lipinski definition) is 6. The smallest absolute Gasteiger partial charge is 0.238 e. The summed E-state index contributed by atoms with van der Waals surface area (Å²) in [4.78, 5) is 46.5. The Hall–Kier alpha value is -5.17. The highest BCUT2D eigenvalue weighted by molar-refractivity contribution is 6.17. The van der Waals surface area contributed by atoms with Crippen LogP contribution < -0.4 is 14.8 Å². The van der Waals surface area contributed by atoms with E-state index in [2.05, 4.69) is 5.32 Å². The van der Waals surface area contributed by atoms with E-state index in [0.29, 0.717) is 40.5 Å². The van der Waals surface area contributed by atoms with Gasteiger partial charge in [-0.25, -0.2) is 0 Å². The summed E-state index contributed by atoms with van der Waals surface area (Å²) in [6.45, 7) is 2.45. The van der Waals surface area contributed by atoms with Crippen molar-refractivity contribution in [2.45, 2.75) is 30.8 Å². The lowest BCUT2D eigenvalue weighted by Gasteiger charge is -2.38. The molecule has 0 aliphatic carbocycles. The van der Waals surface area contributed by atoms with Crippen molar-refractivity contribution in [2.24, 2.45) is 5.92 Å². The van der Waals surface area contributed by atoms with Crippen LogP contribution in [-0.2, 0) is 10.2 Å². The van der Waals surface area contributed by atoms with E-state index in [1.807, 2.05) is 78.7 Å². The molecule has 3 heterocycles. The van der Waals surface area contributed by atoms with Crippen LogP contribution in [0.25, 0.3) is 6.08 Å². The van der Waals surface area contributed by atoms with Gasteiger partial charge in [-0.05, 0) is 71.7 Å². The summed E-state index contributed by atoms with van der Waals surface area (Å²) < 4.78 is 11.4. The number of carbonyl (C=O) groups is 3. The Kier molecular flexibility index (Phi) is 6.81. The number of hydrogen-bond donors (Lipinski definition) is 1. The van der Waals surface area contributed by atoms with Crippen LogP contribution in [0.1, 0.15) is 56.8 Å². The molecule has 3 aliphatic rings. The van der Waals surface area contributed by atoms with Gasteiger partial charge in [0, 0.05) is 17.5 Å². The van der Waals surface area contributed by atoms with E-state index in [-0.39, 0.29) is 17.5 Å². The number of carbonyl (C=O) groups excluding carboxylic acids is 3. The summed E-state index contributed by atoms with van der Waals surface area (Å²) in [5, 5.41) is 3.09. The Morgan fingerprint density at radius 1 is 0.886 bits per heavy atom. The first kappa shape index (κ1) is 27.7. The number of anilines is 1. The molecule has 1 N–H and O–H groups in total. The van der Waals surface area contributed by atoms with Crippen molar-refractivity contribution in [3.63, 3.8) is 0 Å². The quantitative estimate of drug-likeness (QED) is 0.239. The number of benzene rings is 4.